The highest BCUT2D eigenvalue weighted by Gasteiger charge is 2.27. The fourth-order valence-electron chi connectivity index (χ4n) is 5.14. The lowest BCUT2D eigenvalue weighted by Crippen LogP contribution is -2.47. The minimum Gasteiger partial charge on any atom is -0.340 e. The zero-order valence-electron chi connectivity index (χ0n) is 18.3. The Labute approximate surface area is 188 Å². The minimum absolute atomic E-state index is 0.306. The van der Waals surface area contributed by atoms with Crippen molar-refractivity contribution in [3.05, 3.63) is 64.6 Å². The molecule has 1 amide bonds. The Morgan fingerprint density at radius 2 is 1.72 bits per heavy atom. The predicted octanol–water partition coefficient (Wildman–Crippen LogP) is 4.77. The topological polar surface area (TPSA) is 70.8 Å². The molecule has 1 aromatic heterocycles. The molecule has 7 heteroatoms. The van der Waals surface area contributed by atoms with E-state index in [0.717, 1.165) is 62.5 Å². The number of amides is 1. The van der Waals surface area contributed by atoms with Gasteiger partial charge in [-0.25, -0.2) is 4.98 Å². The van der Waals surface area contributed by atoms with Gasteiger partial charge in [0.15, 0.2) is 0 Å². The Morgan fingerprint density at radius 3 is 2.44 bits per heavy atom. The van der Waals surface area contributed by atoms with Crippen LogP contribution in [0.3, 0.4) is 0 Å². The lowest BCUT2D eigenvalue weighted by molar-refractivity contribution is 0.100. The number of anilines is 1. The summed E-state index contributed by atoms with van der Waals surface area (Å²) >= 11 is 0. The molecular formula is C25H29N5O2. The van der Waals surface area contributed by atoms with Gasteiger partial charge in [-0.1, -0.05) is 49.6 Å². The molecule has 2 aromatic carbocycles. The standard InChI is InChI=1S/C25H29N5O2/c31-24(27-32)20-11-12-23-22(17-20)26-25(30(23)21-9-5-2-6-10-21)29-15-13-28(14-16-29)18-19-7-3-1-4-8-19/h1,3-4,7-8,11-12,17,21H,2,5-6,9-10,13-16,18H2. The molecule has 0 unspecified atom stereocenters. The third-order valence-corrected chi connectivity index (χ3v) is 6.84. The number of hydrogen-bond donors (Lipinski definition) is 0. The lowest BCUT2D eigenvalue weighted by atomic mass is 9.95. The van der Waals surface area contributed by atoms with Gasteiger partial charge < -0.3 is 9.47 Å². The van der Waals surface area contributed by atoms with Gasteiger partial charge in [0.2, 0.25) is 5.95 Å². The Balaban J connectivity index is 1.42. The number of nitrogens with zero attached hydrogens (tertiary/aromatic N) is 5. The maximum Gasteiger partial charge on any atom is 0.316 e. The second-order valence-corrected chi connectivity index (χ2v) is 8.92. The number of imidazole rings is 1. The van der Waals surface area contributed by atoms with E-state index >= 15 is 0 Å². The molecule has 1 aliphatic heterocycles. The van der Waals surface area contributed by atoms with Gasteiger partial charge in [-0.3, -0.25) is 9.69 Å². The summed E-state index contributed by atoms with van der Waals surface area (Å²) in [4.78, 5) is 32.4. The molecule has 1 saturated carbocycles. The summed E-state index contributed by atoms with van der Waals surface area (Å²) in [7, 11) is 0. The van der Waals surface area contributed by atoms with Gasteiger partial charge in [-0.15, -0.1) is 4.91 Å². The molecule has 0 bridgehead atoms. The second kappa shape index (κ2) is 9.20. The van der Waals surface area contributed by atoms with E-state index in [1.807, 2.05) is 6.07 Å². The van der Waals surface area contributed by atoms with Crippen LogP contribution in [-0.2, 0) is 6.54 Å². The number of benzene rings is 2. The van der Waals surface area contributed by atoms with E-state index in [9.17, 15) is 9.70 Å². The van der Waals surface area contributed by atoms with Crippen LogP contribution in [-0.4, -0.2) is 46.5 Å². The molecule has 0 radical (unpaired) electrons. The van der Waals surface area contributed by atoms with Crippen LogP contribution in [0.1, 0.15) is 54.1 Å². The molecule has 166 valence electrons. The van der Waals surface area contributed by atoms with Gasteiger partial charge >= 0.3 is 5.91 Å². The second-order valence-electron chi connectivity index (χ2n) is 8.92. The van der Waals surface area contributed by atoms with E-state index in [1.165, 1.54) is 24.8 Å². The van der Waals surface area contributed by atoms with Gasteiger partial charge in [0, 0.05) is 49.5 Å². The predicted molar refractivity (Wildman–Crippen MR) is 126 cm³/mol. The lowest BCUT2D eigenvalue weighted by Gasteiger charge is -2.37. The number of carbonyl (C=O) groups excluding carboxylic acids is 1. The number of carbonyl (C=O) groups is 1. The van der Waals surface area contributed by atoms with E-state index in [0.29, 0.717) is 11.6 Å². The highest BCUT2D eigenvalue weighted by Crippen LogP contribution is 2.36. The zero-order valence-corrected chi connectivity index (χ0v) is 18.3. The van der Waals surface area contributed by atoms with Crippen LogP contribution in [0.15, 0.2) is 53.7 Å². The van der Waals surface area contributed by atoms with Crippen molar-refractivity contribution in [2.45, 2.75) is 44.7 Å². The number of hydrogen-bond acceptors (Lipinski definition) is 5. The molecular weight excluding hydrogens is 402 g/mol. The molecule has 32 heavy (non-hydrogen) atoms. The fourth-order valence-corrected chi connectivity index (χ4v) is 5.14. The van der Waals surface area contributed by atoms with Gasteiger partial charge in [0.1, 0.15) is 0 Å². The Hall–Kier alpha value is -3.06. The number of rotatable bonds is 5. The SMILES string of the molecule is O=NC(=O)c1ccc2c(c1)nc(N1CCN(Cc3ccccc3)CC1)n2C1CCCCC1. The molecule has 0 N–H and O–H groups in total. The van der Waals surface area contributed by atoms with Crippen molar-refractivity contribution in [1.29, 1.82) is 0 Å². The molecule has 2 fully saturated rings. The van der Waals surface area contributed by atoms with Crippen molar-refractivity contribution in [3.63, 3.8) is 0 Å². The molecule has 3 aromatic rings. The van der Waals surface area contributed by atoms with Gasteiger partial charge in [0.05, 0.1) is 11.0 Å². The molecule has 2 heterocycles. The molecule has 1 saturated heterocycles. The summed E-state index contributed by atoms with van der Waals surface area (Å²) in [5.41, 5.74) is 3.46. The molecule has 0 atom stereocenters. The summed E-state index contributed by atoms with van der Waals surface area (Å²) in [6.45, 7) is 4.79. The first-order chi connectivity index (χ1) is 15.7. The number of nitroso groups, excluding NO2 is 1. The highest BCUT2D eigenvalue weighted by atomic mass is 16.3. The quantitative estimate of drug-likeness (QED) is 0.544. The van der Waals surface area contributed by atoms with Crippen LogP contribution in [0, 0.1) is 4.91 Å². The Morgan fingerprint density at radius 1 is 0.969 bits per heavy atom. The summed E-state index contributed by atoms with van der Waals surface area (Å²) < 4.78 is 2.39. The first-order valence-corrected chi connectivity index (χ1v) is 11.6. The number of fused-ring (bicyclic) bond motifs is 1. The first kappa shape index (κ1) is 20.8. The van der Waals surface area contributed by atoms with Crippen LogP contribution in [0.5, 0.6) is 0 Å². The van der Waals surface area contributed by atoms with E-state index in [2.05, 4.69) is 49.9 Å². The van der Waals surface area contributed by atoms with Crippen molar-refractivity contribution < 1.29 is 4.79 Å². The largest absolute Gasteiger partial charge is 0.340 e. The van der Waals surface area contributed by atoms with Crippen molar-refractivity contribution in [2.24, 2.45) is 5.18 Å². The fraction of sp³-hybridized carbons (Fsp3) is 0.440. The van der Waals surface area contributed by atoms with E-state index in [-0.39, 0.29) is 0 Å². The third-order valence-electron chi connectivity index (χ3n) is 6.84. The van der Waals surface area contributed by atoms with Crippen LogP contribution in [0.2, 0.25) is 0 Å². The average Bonchev–Trinajstić information content (AvgIpc) is 3.24. The zero-order chi connectivity index (χ0) is 21.9. The van der Waals surface area contributed by atoms with Crippen LogP contribution < -0.4 is 4.90 Å². The van der Waals surface area contributed by atoms with Crippen molar-refractivity contribution >= 4 is 22.9 Å². The maximum absolute atomic E-state index is 11.8. The molecule has 7 nitrogen and oxygen atoms in total. The van der Waals surface area contributed by atoms with Crippen LogP contribution in [0.4, 0.5) is 5.95 Å². The van der Waals surface area contributed by atoms with Crippen molar-refractivity contribution in [1.82, 2.24) is 14.5 Å². The first-order valence-electron chi connectivity index (χ1n) is 11.6. The summed E-state index contributed by atoms with van der Waals surface area (Å²) in [6.07, 6.45) is 6.08. The monoisotopic (exact) mass is 431 g/mol. The summed E-state index contributed by atoms with van der Waals surface area (Å²) in [6, 6.07) is 16.4. The molecule has 2 aliphatic rings. The molecule has 1 aliphatic carbocycles. The average molecular weight is 432 g/mol. The highest BCUT2D eigenvalue weighted by molar-refractivity contribution is 5.98. The van der Waals surface area contributed by atoms with Gasteiger partial charge in [0.25, 0.3) is 0 Å². The van der Waals surface area contributed by atoms with Crippen LogP contribution >= 0.6 is 0 Å². The van der Waals surface area contributed by atoms with Crippen LogP contribution in [0.25, 0.3) is 11.0 Å². The van der Waals surface area contributed by atoms with Gasteiger partial charge in [-0.2, -0.15) is 0 Å². The Kier molecular flexibility index (Phi) is 5.99. The minimum atomic E-state index is -0.741. The van der Waals surface area contributed by atoms with E-state index in [1.54, 1.807) is 12.1 Å². The summed E-state index contributed by atoms with van der Waals surface area (Å²) in [5.74, 6) is 0.255. The van der Waals surface area contributed by atoms with E-state index < -0.39 is 5.91 Å². The maximum atomic E-state index is 11.8. The Bertz CT molecular complexity index is 1100. The number of aromatic nitrogens is 2. The normalized spacial score (nSPS) is 18.2. The molecule has 5 rings (SSSR count). The third kappa shape index (κ3) is 4.17. The van der Waals surface area contributed by atoms with E-state index in [4.69, 9.17) is 4.98 Å². The molecule has 0 spiro atoms. The smallest absolute Gasteiger partial charge is 0.316 e. The van der Waals surface area contributed by atoms with Gasteiger partial charge in [-0.05, 0) is 36.6 Å². The van der Waals surface area contributed by atoms with Crippen molar-refractivity contribution in [3.8, 4) is 0 Å². The number of piperazine rings is 1. The van der Waals surface area contributed by atoms with Crippen molar-refractivity contribution in [2.75, 3.05) is 31.1 Å². The summed E-state index contributed by atoms with van der Waals surface area (Å²) in [5, 5.41) is 2.58.